The van der Waals surface area contributed by atoms with E-state index < -0.39 is 12.7 Å². The summed E-state index contributed by atoms with van der Waals surface area (Å²) in [6.07, 6.45) is 7.12. The van der Waals surface area contributed by atoms with Crippen LogP contribution >= 0.6 is 0 Å². The number of hydrogen-bond donors (Lipinski definition) is 1. The molecule has 108 valence electrons. The predicted molar refractivity (Wildman–Crippen MR) is 83.2 cm³/mol. The molecule has 1 aromatic carbocycles. The van der Waals surface area contributed by atoms with Gasteiger partial charge in [-0.05, 0) is 35.4 Å². The zero-order valence-corrected chi connectivity index (χ0v) is 12.2. The van der Waals surface area contributed by atoms with E-state index >= 15 is 0 Å². The fourth-order valence-corrected chi connectivity index (χ4v) is 2.71. The van der Waals surface area contributed by atoms with E-state index in [2.05, 4.69) is 61.5 Å². The lowest BCUT2D eigenvalue weighted by Gasteiger charge is -2.22. The minimum Gasteiger partial charge on any atom is -0.376 e. The molecule has 0 fully saturated rings. The topological polar surface area (TPSA) is 29.3 Å². The Labute approximate surface area is 120 Å². The fourth-order valence-electron chi connectivity index (χ4n) is 2.71. The van der Waals surface area contributed by atoms with Gasteiger partial charge in [0.05, 0.1) is 0 Å². The van der Waals surface area contributed by atoms with Crippen molar-refractivity contribution < 1.29 is 4.39 Å². The maximum atomic E-state index is 12.8. The third kappa shape index (κ3) is 3.28. The van der Waals surface area contributed by atoms with E-state index in [1.807, 2.05) is 0 Å². The highest BCUT2D eigenvalue weighted by molar-refractivity contribution is 5.69. The van der Waals surface area contributed by atoms with Gasteiger partial charge in [0.2, 0.25) is 0 Å². The summed E-state index contributed by atoms with van der Waals surface area (Å²) in [7, 11) is 2.06. The van der Waals surface area contributed by atoms with Crippen molar-refractivity contribution in [2.75, 3.05) is 20.3 Å². The molecule has 0 radical (unpaired) electrons. The molecule has 0 bridgehead atoms. The van der Waals surface area contributed by atoms with Crippen LogP contribution in [0.2, 0.25) is 0 Å². The smallest absolute Gasteiger partial charge is 0.105 e. The first-order valence-corrected chi connectivity index (χ1v) is 7.15. The summed E-state index contributed by atoms with van der Waals surface area (Å²) >= 11 is 0. The number of allylic oxidation sites excluding steroid dienone is 2. The lowest BCUT2D eigenvalue weighted by atomic mass is 9.89. The van der Waals surface area contributed by atoms with Crippen LogP contribution in [0.5, 0.6) is 0 Å². The lowest BCUT2D eigenvalue weighted by molar-refractivity contribution is 0.380. The first-order chi connectivity index (χ1) is 9.65. The highest BCUT2D eigenvalue weighted by atomic mass is 19.1. The third-order valence-corrected chi connectivity index (χ3v) is 3.90. The van der Waals surface area contributed by atoms with Crippen LogP contribution in [0.3, 0.4) is 0 Å². The van der Waals surface area contributed by atoms with E-state index in [0.29, 0.717) is 0 Å². The average Bonchev–Trinajstić information content (AvgIpc) is 2.48. The Balaban J connectivity index is 2.17. The molecule has 0 saturated heterocycles. The molecule has 1 aliphatic heterocycles. The van der Waals surface area contributed by atoms with Crippen LogP contribution in [-0.2, 0) is 0 Å². The van der Waals surface area contributed by atoms with Crippen LogP contribution in [0.15, 0.2) is 42.6 Å². The number of alkyl halides is 1. The van der Waals surface area contributed by atoms with E-state index in [1.54, 1.807) is 0 Å². The van der Waals surface area contributed by atoms with Crippen LogP contribution in [0.4, 0.5) is 4.39 Å². The zero-order valence-electron chi connectivity index (χ0n) is 12.2. The molecule has 1 heterocycles. The second-order valence-electron chi connectivity index (χ2n) is 5.40. The average molecular weight is 274 g/mol. The van der Waals surface area contributed by atoms with Gasteiger partial charge in [-0.15, -0.1) is 0 Å². The van der Waals surface area contributed by atoms with Crippen LogP contribution < -0.4 is 5.73 Å². The van der Waals surface area contributed by atoms with Gasteiger partial charge >= 0.3 is 0 Å². The molecule has 2 atom stereocenters. The Hall–Kier alpha value is -1.61. The Kier molecular flexibility index (Phi) is 4.96. The molecule has 0 aromatic heterocycles. The lowest BCUT2D eigenvalue weighted by Crippen LogP contribution is -2.30. The number of nitrogens with zero attached hydrogens (tertiary/aromatic N) is 1. The minimum absolute atomic E-state index is 0.0944. The maximum absolute atomic E-state index is 12.8. The van der Waals surface area contributed by atoms with Crippen molar-refractivity contribution in [3.63, 3.8) is 0 Å². The molecule has 1 aliphatic rings. The molecule has 0 amide bonds. The second kappa shape index (κ2) is 6.71. The molecule has 2 unspecified atom stereocenters. The molecule has 3 heteroatoms. The summed E-state index contributed by atoms with van der Waals surface area (Å²) in [6.45, 7) is 2.50. The molecule has 0 aliphatic carbocycles. The molecular formula is C17H23FN2. The van der Waals surface area contributed by atoms with Crippen LogP contribution in [0.1, 0.15) is 30.4 Å². The quantitative estimate of drug-likeness (QED) is 0.892. The van der Waals surface area contributed by atoms with Gasteiger partial charge in [-0.1, -0.05) is 37.3 Å². The van der Waals surface area contributed by atoms with E-state index in [4.69, 9.17) is 5.73 Å². The summed E-state index contributed by atoms with van der Waals surface area (Å²) in [5, 5.41) is 0. The monoisotopic (exact) mass is 274 g/mol. The number of nitrogens with two attached hydrogens (primary N) is 1. The number of benzene rings is 1. The van der Waals surface area contributed by atoms with Gasteiger partial charge < -0.3 is 10.6 Å². The van der Waals surface area contributed by atoms with Crippen molar-refractivity contribution in [1.29, 1.82) is 0 Å². The highest BCUT2D eigenvalue weighted by Crippen LogP contribution is 2.26. The molecule has 0 spiro atoms. The van der Waals surface area contributed by atoms with Gasteiger partial charge in [0, 0.05) is 25.6 Å². The van der Waals surface area contributed by atoms with Crippen LogP contribution in [0, 0.1) is 0 Å². The molecule has 2 N–H and O–H groups in total. The molecule has 2 rings (SSSR count). The van der Waals surface area contributed by atoms with Gasteiger partial charge in [-0.3, -0.25) is 0 Å². The van der Waals surface area contributed by atoms with E-state index in [-0.39, 0.29) is 5.92 Å². The number of hydrogen-bond acceptors (Lipinski definition) is 2. The molecular weight excluding hydrogens is 251 g/mol. The standard InChI is InChI=1S/C17H23FN2/c1-3-16(17(19)11-18)14-8-6-13(7-9-14)15-5-4-10-20(2)12-15/h4-10,16-17H,3,11-12,19H2,1-2H3. The summed E-state index contributed by atoms with van der Waals surface area (Å²) in [4.78, 5) is 2.15. The van der Waals surface area contributed by atoms with Crippen LogP contribution in [-0.4, -0.2) is 31.2 Å². The van der Waals surface area contributed by atoms with Crippen molar-refractivity contribution in [3.05, 3.63) is 53.7 Å². The molecule has 1 aromatic rings. The van der Waals surface area contributed by atoms with E-state index in [1.165, 1.54) is 11.1 Å². The summed E-state index contributed by atoms with van der Waals surface area (Å²) < 4.78 is 12.8. The molecule has 0 saturated carbocycles. The van der Waals surface area contributed by atoms with E-state index in [0.717, 1.165) is 18.5 Å². The Bertz CT molecular complexity index is 490. The SMILES string of the molecule is CCC(c1ccc(C2=CC=CN(C)C2)cc1)C(N)CF. The van der Waals surface area contributed by atoms with Crippen molar-refractivity contribution >= 4 is 5.57 Å². The highest BCUT2D eigenvalue weighted by Gasteiger charge is 2.18. The number of halogens is 1. The number of likely N-dealkylation sites (N-methyl/N-ethyl adjacent to an activating group) is 1. The summed E-state index contributed by atoms with van der Waals surface area (Å²) in [5.41, 5.74) is 9.50. The van der Waals surface area contributed by atoms with Crippen molar-refractivity contribution in [3.8, 4) is 0 Å². The van der Waals surface area contributed by atoms with Crippen molar-refractivity contribution in [1.82, 2.24) is 4.90 Å². The number of rotatable bonds is 5. The summed E-state index contributed by atoms with van der Waals surface area (Å²) in [5.74, 6) is 0.0944. The second-order valence-corrected chi connectivity index (χ2v) is 5.40. The first kappa shape index (κ1) is 14.8. The van der Waals surface area contributed by atoms with Gasteiger partial charge in [0.1, 0.15) is 6.67 Å². The third-order valence-electron chi connectivity index (χ3n) is 3.90. The van der Waals surface area contributed by atoms with Crippen molar-refractivity contribution in [2.24, 2.45) is 5.73 Å². The fraction of sp³-hybridized carbons (Fsp3) is 0.412. The Morgan fingerprint density at radius 3 is 2.55 bits per heavy atom. The first-order valence-electron chi connectivity index (χ1n) is 7.15. The molecule has 2 nitrogen and oxygen atoms in total. The van der Waals surface area contributed by atoms with Gasteiger partial charge in [-0.2, -0.15) is 0 Å². The largest absolute Gasteiger partial charge is 0.376 e. The van der Waals surface area contributed by atoms with E-state index in [9.17, 15) is 4.39 Å². The van der Waals surface area contributed by atoms with Crippen molar-refractivity contribution in [2.45, 2.75) is 25.3 Å². The minimum atomic E-state index is -0.471. The molecule has 20 heavy (non-hydrogen) atoms. The van der Waals surface area contributed by atoms with Gasteiger partial charge in [0.15, 0.2) is 0 Å². The maximum Gasteiger partial charge on any atom is 0.105 e. The predicted octanol–water partition coefficient (Wildman–Crippen LogP) is 3.32. The summed E-state index contributed by atoms with van der Waals surface area (Å²) in [6, 6.07) is 7.98. The zero-order chi connectivity index (χ0) is 14.5. The Morgan fingerprint density at radius 1 is 1.30 bits per heavy atom. The van der Waals surface area contributed by atoms with Gasteiger partial charge in [-0.25, -0.2) is 4.39 Å². The van der Waals surface area contributed by atoms with Gasteiger partial charge in [0.25, 0.3) is 0 Å². The Morgan fingerprint density at radius 2 is 2.00 bits per heavy atom. The normalized spacial score (nSPS) is 17.8. The van der Waals surface area contributed by atoms with Crippen LogP contribution in [0.25, 0.3) is 5.57 Å².